The van der Waals surface area contributed by atoms with E-state index in [1.807, 2.05) is 12.1 Å². The number of nitrogens with zero attached hydrogens (tertiary/aromatic N) is 2. The molecule has 1 unspecified atom stereocenters. The molecule has 0 spiro atoms. The summed E-state index contributed by atoms with van der Waals surface area (Å²) >= 11 is 0. The molecule has 3 nitrogen and oxygen atoms in total. The highest BCUT2D eigenvalue weighted by atomic mass is 16.3. The first kappa shape index (κ1) is 35.3. The molecule has 0 amide bonds. The van der Waals surface area contributed by atoms with Crippen LogP contribution in [-0.4, -0.2) is 10.1 Å². The third kappa shape index (κ3) is 5.65. The number of fused-ring (bicyclic) bond motifs is 7. The lowest BCUT2D eigenvalue weighted by atomic mass is 9.79. The largest absolute Gasteiger partial charge is 0.456 e. The number of anilines is 2. The predicted octanol–water partition coefficient (Wildman–Crippen LogP) is 15.7. The Morgan fingerprint density at radius 3 is 1.61 bits per heavy atom. The Morgan fingerprint density at radius 1 is 0.393 bits per heavy atom. The maximum absolute atomic E-state index is 6.33. The maximum Gasteiger partial charge on any atom is 0.137 e. The molecule has 9 aromatic carbocycles. The fraction of sp³-hybridized carbons (Fsp3) is 0.0690. The fourth-order valence-electron chi connectivity index (χ4n) is 10.2. The summed E-state index contributed by atoms with van der Waals surface area (Å²) < 4.78 is 8.69. The number of rotatable bonds is 6. The summed E-state index contributed by atoms with van der Waals surface area (Å²) in [6, 6.07) is 77.2. The summed E-state index contributed by atoms with van der Waals surface area (Å²) in [6.07, 6.45) is 0. The van der Waals surface area contributed by atoms with Gasteiger partial charge in [-0.05, 0) is 107 Å². The average molecular weight is 783 g/mol. The minimum absolute atomic E-state index is 0.181. The van der Waals surface area contributed by atoms with Crippen molar-refractivity contribution in [3.8, 4) is 39.1 Å². The molecule has 3 heterocycles. The summed E-state index contributed by atoms with van der Waals surface area (Å²) in [4.78, 5) is 2.54. The minimum atomic E-state index is -0.181. The van der Waals surface area contributed by atoms with Crippen molar-refractivity contribution >= 4 is 55.1 Å². The number of benzene rings is 9. The van der Waals surface area contributed by atoms with Crippen molar-refractivity contribution in [2.75, 3.05) is 4.90 Å². The SMILES string of the molecule is CC1(C)C(c2ccc(-c3ccccc3)cc2)c2ccccc2N1c1ccc(-c2ccc(-c3ccc(-n4c5ccccc5c5cc6c(cc54)oc4ccccc46)cc3)cc2)cc1. The molecule has 0 fully saturated rings. The summed E-state index contributed by atoms with van der Waals surface area (Å²) in [5.74, 6) is 0.227. The first-order chi connectivity index (χ1) is 30.0. The van der Waals surface area contributed by atoms with Crippen LogP contribution in [0.1, 0.15) is 30.9 Å². The van der Waals surface area contributed by atoms with Crippen LogP contribution in [0.15, 0.2) is 217 Å². The highest BCUT2D eigenvalue weighted by molar-refractivity contribution is 6.17. The highest BCUT2D eigenvalue weighted by Crippen LogP contribution is 2.54. The van der Waals surface area contributed by atoms with E-state index in [-0.39, 0.29) is 11.5 Å². The van der Waals surface area contributed by atoms with E-state index in [1.165, 1.54) is 72.2 Å². The molecule has 1 aliphatic rings. The van der Waals surface area contributed by atoms with E-state index in [1.54, 1.807) is 0 Å². The molecule has 0 saturated carbocycles. The Kier molecular flexibility index (Phi) is 7.95. The van der Waals surface area contributed by atoms with Crippen molar-refractivity contribution in [2.24, 2.45) is 0 Å². The molecule has 0 radical (unpaired) electrons. The third-order valence-electron chi connectivity index (χ3n) is 13.1. The Labute approximate surface area is 355 Å². The molecule has 2 aromatic heterocycles. The van der Waals surface area contributed by atoms with E-state index < -0.39 is 0 Å². The van der Waals surface area contributed by atoms with Gasteiger partial charge in [-0.2, -0.15) is 0 Å². The molecule has 61 heavy (non-hydrogen) atoms. The monoisotopic (exact) mass is 782 g/mol. The Balaban J connectivity index is 0.816. The lowest BCUT2D eigenvalue weighted by Crippen LogP contribution is -2.40. The predicted molar refractivity (Wildman–Crippen MR) is 255 cm³/mol. The van der Waals surface area contributed by atoms with E-state index in [0.717, 1.165) is 33.1 Å². The first-order valence-corrected chi connectivity index (χ1v) is 21.2. The summed E-state index contributed by atoms with van der Waals surface area (Å²) in [5.41, 5.74) is 17.5. The lowest BCUT2D eigenvalue weighted by Gasteiger charge is -2.38. The molecule has 0 N–H and O–H groups in total. The van der Waals surface area contributed by atoms with Gasteiger partial charge < -0.3 is 13.9 Å². The third-order valence-corrected chi connectivity index (χ3v) is 13.1. The number of hydrogen-bond acceptors (Lipinski definition) is 2. The van der Waals surface area contributed by atoms with Crippen molar-refractivity contribution in [3.63, 3.8) is 0 Å². The first-order valence-electron chi connectivity index (χ1n) is 21.2. The minimum Gasteiger partial charge on any atom is -0.456 e. The van der Waals surface area contributed by atoms with Crippen LogP contribution >= 0.6 is 0 Å². The van der Waals surface area contributed by atoms with Gasteiger partial charge in [0.2, 0.25) is 0 Å². The summed E-state index contributed by atoms with van der Waals surface area (Å²) in [6.45, 7) is 4.76. The molecular weight excluding hydrogens is 741 g/mol. The van der Waals surface area contributed by atoms with E-state index in [2.05, 4.69) is 224 Å². The maximum atomic E-state index is 6.33. The lowest BCUT2D eigenvalue weighted by molar-refractivity contribution is 0.478. The highest BCUT2D eigenvalue weighted by Gasteiger charge is 2.46. The van der Waals surface area contributed by atoms with Crippen molar-refractivity contribution in [3.05, 3.63) is 223 Å². The quantitative estimate of drug-likeness (QED) is 0.168. The summed E-state index contributed by atoms with van der Waals surface area (Å²) in [5, 5.41) is 4.76. The van der Waals surface area contributed by atoms with Gasteiger partial charge in [-0.3, -0.25) is 0 Å². The van der Waals surface area contributed by atoms with Gasteiger partial charge in [0.1, 0.15) is 11.2 Å². The molecule has 11 aromatic rings. The normalized spacial score (nSPS) is 14.7. The summed E-state index contributed by atoms with van der Waals surface area (Å²) in [7, 11) is 0. The van der Waals surface area contributed by atoms with Gasteiger partial charge in [-0.25, -0.2) is 0 Å². The van der Waals surface area contributed by atoms with Gasteiger partial charge in [0.15, 0.2) is 0 Å². The molecule has 1 aliphatic heterocycles. The van der Waals surface area contributed by atoms with Gasteiger partial charge in [0, 0.05) is 50.6 Å². The van der Waals surface area contributed by atoms with Crippen LogP contribution < -0.4 is 4.90 Å². The smallest absolute Gasteiger partial charge is 0.137 e. The molecular formula is C58H42N2O. The second-order valence-corrected chi connectivity index (χ2v) is 17.0. The topological polar surface area (TPSA) is 21.3 Å². The number of para-hydroxylation sites is 3. The number of furan rings is 1. The molecule has 12 rings (SSSR count). The van der Waals surface area contributed by atoms with Gasteiger partial charge in [-0.15, -0.1) is 0 Å². The van der Waals surface area contributed by atoms with E-state index >= 15 is 0 Å². The second-order valence-electron chi connectivity index (χ2n) is 17.0. The van der Waals surface area contributed by atoms with Crippen molar-refractivity contribution in [1.29, 1.82) is 0 Å². The van der Waals surface area contributed by atoms with Crippen LogP contribution in [0, 0.1) is 0 Å². The van der Waals surface area contributed by atoms with Crippen LogP contribution in [0.5, 0.6) is 0 Å². The Hall–Kier alpha value is -7.62. The zero-order chi connectivity index (χ0) is 40.7. The van der Waals surface area contributed by atoms with Crippen molar-refractivity contribution in [2.45, 2.75) is 25.3 Å². The fourth-order valence-corrected chi connectivity index (χ4v) is 10.2. The van der Waals surface area contributed by atoms with E-state index in [0.29, 0.717) is 0 Å². The molecule has 0 aliphatic carbocycles. The van der Waals surface area contributed by atoms with Crippen molar-refractivity contribution < 1.29 is 4.42 Å². The average Bonchev–Trinajstić information content (AvgIpc) is 3.92. The second kappa shape index (κ2) is 13.7. The zero-order valence-corrected chi connectivity index (χ0v) is 34.1. The van der Waals surface area contributed by atoms with E-state index in [9.17, 15) is 0 Å². The molecule has 1 atom stereocenters. The molecule has 3 heteroatoms. The van der Waals surface area contributed by atoms with Gasteiger partial charge >= 0.3 is 0 Å². The molecule has 0 saturated heterocycles. The van der Waals surface area contributed by atoms with Gasteiger partial charge in [0.05, 0.1) is 16.6 Å². The number of aromatic nitrogens is 1. The van der Waals surface area contributed by atoms with Crippen LogP contribution in [0.3, 0.4) is 0 Å². The Bertz CT molecular complexity index is 3410. The standard InChI is InChI=1S/C58H42N2O/c1-58(2)57(44-26-24-39(25-27-44)38-12-4-3-5-13-38)49-16-7-10-18-53(49)60(58)46-34-30-43(31-35-46)41-22-20-40(21-23-41)42-28-32-45(33-29-42)59-52-17-9-6-14-47(52)50-36-51-48-15-8-11-19-55(48)61-56(51)37-54(50)59/h3-37,57H,1-2H3. The molecule has 290 valence electrons. The van der Waals surface area contributed by atoms with Gasteiger partial charge in [-0.1, -0.05) is 158 Å². The van der Waals surface area contributed by atoms with Crippen LogP contribution in [0.25, 0.3) is 82.8 Å². The van der Waals surface area contributed by atoms with Crippen molar-refractivity contribution in [1.82, 2.24) is 4.57 Å². The van der Waals surface area contributed by atoms with Crippen LogP contribution in [-0.2, 0) is 0 Å². The van der Waals surface area contributed by atoms with E-state index in [4.69, 9.17) is 4.42 Å². The van der Waals surface area contributed by atoms with Crippen LogP contribution in [0.2, 0.25) is 0 Å². The molecule has 0 bridgehead atoms. The zero-order valence-electron chi connectivity index (χ0n) is 34.1. The van der Waals surface area contributed by atoms with Crippen LogP contribution in [0.4, 0.5) is 11.4 Å². The Morgan fingerprint density at radius 2 is 0.918 bits per heavy atom. The number of hydrogen-bond donors (Lipinski definition) is 0. The van der Waals surface area contributed by atoms with Gasteiger partial charge in [0.25, 0.3) is 0 Å².